The number of carbonyl (C=O) groups is 2. The monoisotopic (exact) mass is 515 g/mol. The molecule has 1 amide bonds. The van der Waals surface area contributed by atoms with E-state index in [0.29, 0.717) is 36.7 Å². The first kappa shape index (κ1) is 26.6. The fraction of sp³-hybridized carbons (Fsp3) is 0.409. The number of nitrogens with zero attached hydrogens (tertiary/aromatic N) is 2. The van der Waals surface area contributed by atoms with Crippen molar-refractivity contribution in [3.63, 3.8) is 0 Å². The predicted molar refractivity (Wildman–Crippen MR) is 117 cm³/mol. The zero-order valence-electron chi connectivity index (χ0n) is 18.6. The van der Waals surface area contributed by atoms with E-state index in [9.17, 15) is 26.4 Å². The summed E-state index contributed by atoms with van der Waals surface area (Å²) in [6.45, 7) is 3.67. The fourth-order valence-electron chi connectivity index (χ4n) is 3.85. The number of alkyl halides is 3. The number of carboxylic acid groups (broad SMARTS) is 1. The van der Waals surface area contributed by atoms with E-state index in [4.69, 9.17) is 14.6 Å². The van der Waals surface area contributed by atoms with Gasteiger partial charge in [0.2, 0.25) is 10.0 Å². The van der Waals surface area contributed by atoms with Gasteiger partial charge in [-0.2, -0.15) is 17.5 Å². The average Bonchev–Trinajstić information content (AvgIpc) is 3.40. The Kier molecular flexibility index (Phi) is 8.13. The number of benzene rings is 1. The van der Waals surface area contributed by atoms with Crippen molar-refractivity contribution < 1.29 is 41.0 Å². The Balaban J connectivity index is 0.000000429. The van der Waals surface area contributed by atoms with Crippen molar-refractivity contribution in [1.82, 2.24) is 14.6 Å². The van der Waals surface area contributed by atoms with Gasteiger partial charge in [0.05, 0.1) is 23.2 Å². The molecule has 3 atom stereocenters. The quantitative estimate of drug-likeness (QED) is 0.625. The van der Waals surface area contributed by atoms with Crippen molar-refractivity contribution in [2.75, 3.05) is 26.2 Å². The van der Waals surface area contributed by atoms with Crippen LogP contribution in [0.2, 0.25) is 0 Å². The van der Waals surface area contributed by atoms with Crippen LogP contribution in [0, 0.1) is 18.8 Å². The van der Waals surface area contributed by atoms with Crippen LogP contribution in [-0.2, 0) is 19.6 Å². The van der Waals surface area contributed by atoms with Crippen molar-refractivity contribution >= 4 is 21.9 Å². The minimum absolute atomic E-state index is 0.0782. The number of ether oxygens (including phenoxy) is 1. The molecule has 2 saturated heterocycles. The number of carbonyl (C=O) groups excluding carboxylic acids is 1. The van der Waals surface area contributed by atoms with Gasteiger partial charge >= 0.3 is 12.1 Å². The first-order valence-electron chi connectivity index (χ1n) is 10.6. The number of pyridine rings is 1. The molecular formula is C22H24F3N3O6S. The molecule has 9 nitrogen and oxygen atoms in total. The number of fused-ring (bicyclic) bond motifs is 1. The van der Waals surface area contributed by atoms with Gasteiger partial charge in [0.1, 0.15) is 0 Å². The average molecular weight is 516 g/mol. The topological polar surface area (TPSA) is 126 Å². The van der Waals surface area contributed by atoms with Gasteiger partial charge in [0.25, 0.3) is 5.91 Å². The number of aromatic nitrogens is 1. The number of carboxylic acids is 1. The minimum atomic E-state index is -5.08. The second kappa shape index (κ2) is 10.7. The SMILES string of the molecule is Cc1ccc(S(=O)(=O)N2C[C@@H]3[C@@H](CNC(=O)c4cccnc4)CO[C@@H]3C2)cc1.O=C(O)C(F)(F)F. The van der Waals surface area contributed by atoms with Gasteiger partial charge in [-0.1, -0.05) is 17.7 Å². The van der Waals surface area contributed by atoms with Crippen LogP contribution in [0.4, 0.5) is 13.2 Å². The Morgan fingerprint density at radius 2 is 1.86 bits per heavy atom. The van der Waals surface area contributed by atoms with E-state index in [0.717, 1.165) is 5.56 Å². The Labute approximate surface area is 200 Å². The summed E-state index contributed by atoms with van der Waals surface area (Å²) in [5, 5.41) is 10.0. The van der Waals surface area contributed by atoms with Crippen LogP contribution in [0.25, 0.3) is 0 Å². The highest BCUT2D eigenvalue weighted by molar-refractivity contribution is 7.89. The molecule has 3 heterocycles. The third-order valence-corrected chi connectivity index (χ3v) is 7.60. The van der Waals surface area contributed by atoms with Crippen molar-refractivity contribution in [1.29, 1.82) is 0 Å². The molecule has 190 valence electrons. The van der Waals surface area contributed by atoms with Gasteiger partial charge < -0.3 is 15.2 Å². The Bertz CT molecular complexity index is 1140. The Morgan fingerprint density at radius 3 is 2.43 bits per heavy atom. The summed E-state index contributed by atoms with van der Waals surface area (Å²) in [6.07, 6.45) is -2.07. The van der Waals surface area contributed by atoms with Gasteiger partial charge in [-0.15, -0.1) is 0 Å². The molecule has 0 bridgehead atoms. The van der Waals surface area contributed by atoms with Crippen LogP contribution in [0.1, 0.15) is 15.9 Å². The van der Waals surface area contributed by atoms with Crippen LogP contribution < -0.4 is 5.32 Å². The molecule has 0 saturated carbocycles. The molecule has 1 aromatic heterocycles. The number of aryl methyl sites for hydroxylation is 1. The Morgan fingerprint density at radius 1 is 1.20 bits per heavy atom. The van der Waals surface area contributed by atoms with Crippen molar-refractivity contribution in [2.45, 2.75) is 24.1 Å². The van der Waals surface area contributed by atoms with Gasteiger partial charge in [0.15, 0.2) is 0 Å². The lowest BCUT2D eigenvalue weighted by Gasteiger charge is -2.20. The van der Waals surface area contributed by atoms with Gasteiger partial charge in [-0.3, -0.25) is 9.78 Å². The Hall–Kier alpha value is -3.03. The maximum Gasteiger partial charge on any atom is 0.490 e. The van der Waals surface area contributed by atoms with Crippen molar-refractivity contribution in [3.8, 4) is 0 Å². The van der Waals surface area contributed by atoms with Gasteiger partial charge in [0, 0.05) is 43.9 Å². The molecule has 0 spiro atoms. The molecule has 1 aromatic carbocycles. The fourth-order valence-corrected chi connectivity index (χ4v) is 5.34. The van der Waals surface area contributed by atoms with E-state index in [1.807, 2.05) is 6.92 Å². The number of halogens is 3. The molecule has 0 aliphatic carbocycles. The summed E-state index contributed by atoms with van der Waals surface area (Å²) >= 11 is 0. The smallest absolute Gasteiger partial charge is 0.475 e. The first-order valence-corrected chi connectivity index (χ1v) is 12.0. The van der Waals surface area contributed by atoms with Crippen molar-refractivity contribution in [2.24, 2.45) is 11.8 Å². The second-order valence-corrected chi connectivity index (χ2v) is 10.1. The molecule has 2 aliphatic rings. The molecule has 35 heavy (non-hydrogen) atoms. The lowest BCUT2D eigenvalue weighted by atomic mass is 9.93. The van der Waals surface area contributed by atoms with Crippen LogP contribution in [0.15, 0.2) is 53.7 Å². The van der Waals surface area contributed by atoms with E-state index in [1.165, 1.54) is 10.5 Å². The third-order valence-electron chi connectivity index (χ3n) is 5.76. The minimum Gasteiger partial charge on any atom is -0.475 e. The standard InChI is InChI=1S/C20H23N3O4S.C2HF3O2/c1-14-4-6-17(7-5-14)28(25,26)23-11-18-16(13-27-19(18)12-23)10-22-20(24)15-3-2-8-21-9-15;3-2(4,5)1(6)7/h2-9,16,18-19H,10-13H2,1H3,(H,22,24);(H,6,7)/t16-,18+,19+;/m0./s1. The normalized spacial score (nSPS) is 22.1. The van der Waals surface area contributed by atoms with Crippen LogP contribution in [0.3, 0.4) is 0 Å². The summed E-state index contributed by atoms with van der Waals surface area (Å²) in [4.78, 5) is 25.4. The first-order chi connectivity index (χ1) is 16.4. The molecule has 2 N–H and O–H groups in total. The molecule has 13 heteroatoms. The number of rotatable bonds is 5. The van der Waals surface area contributed by atoms with E-state index >= 15 is 0 Å². The van der Waals surface area contributed by atoms with Gasteiger partial charge in [-0.05, 0) is 31.2 Å². The van der Waals surface area contributed by atoms with E-state index in [-0.39, 0.29) is 23.8 Å². The van der Waals surface area contributed by atoms with Crippen LogP contribution in [-0.4, -0.2) is 73.2 Å². The summed E-state index contributed by atoms with van der Waals surface area (Å²) in [5.41, 5.74) is 1.53. The van der Waals surface area contributed by atoms with Crippen LogP contribution >= 0.6 is 0 Å². The van der Waals surface area contributed by atoms with Crippen molar-refractivity contribution in [3.05, 3.63) is 59.9 Å². The molecule has 2 aromatic rings. The third kappa shape index (κ3) is 6.55. The summed E-state index contributed by atoms with van der Waals surface area (Å²) in [6, 6.07) is 10.3. The van der Waals surface area contributed by atoms with E-state index < -0.39 is 22.2 Å². The zero-order chi connectivity index (χ0) is 25.8. The molecule has 0 radical (unpaired) electrons. The zero-order valence-corrected chi connectivity index (χ0v) is 19.4. The molecule has 2 aliphatic heterocycles. The highest BCUT2D eigenvalue weighted by atomic mass is 32.2. The van der Waals surface area contributed by atoms with Crippen LogP contribution in [0.5, 0.6) is 0 Å². The molecule has 0 unspecified atom stereocenters. The highest BCUT2D eigenvalue weighted by Crippen LogP contribution is 2.36. The highest BCUT2D eigenvalue weighted by Gasteiger charge is 2.47. The number of hydrogen-bond acceptors (Lipinski definition) is 6. The lowest BCUT2D eigenvalue weighted by Crippen LogP contribution is -2.35. The molecule has 4 rings (SSSR count). The summed E-state index contributed by atoms with van der Waals surface area (Å²) < 4.78 is 64.9. The number of amides is 1. The van der Waals surface area contributed by atoms with Gasteiger partial charge in [-0.25, -0.2) is 13.2 Å². The lowest BCUT2D eigenvalue weighted by molar-refractivity contribution is -0.192. The summed E-state index contributed by atoms with van der Waals surface area (Å²) in [5.74, 6) is -2.77. The molecule has 2 fully saturated rings. The summed E-state index contributed by atoms with van der Waals surface area (Å²) in [7, 11) is -3.54. The van der Waals surface area contributed by atoms with E-state index in [1.54, 1.807) is 42.6 Å². The number of sulfonamides is 1. The predicted octanol–water partition coefficient (Wildman–Crippen LogP) is 2.09. The largest absolute Gasteiger partial charge is 0.490 e. The maximum absolute atomic E-state index is 12.9. The molecular weight excluding hydrogens is 491 g/mol. The maximum atomic E-state index is 12.9. The number of hydrogen-bond donors (Lipinski definition) is 2. The number of nitrogens with one attached hydrogen (secondary N) is 1. The van der Waals surface area contributed by atoms with E-state index in [2.05, 4.69) is 10.3 Å². The second-order valence-electron chi connectivity index (χ2n) is 8.19. The number of aliphatic carboxylic acids is 1.